The van der Waals surface area contributed by atoms with Gasteiger partial charge in [-0.25, -0.2) is 0 Å². The van der Waals surface area contributed by atoms with Crippen LogP contribution in [0.15, 0.2) is 36.4 Å². The Labute approximate surface area is 128 Å². The van der Waals surface area contributed by atoms with Gasteiger partial charge in [0.2, 0.25) is 0 Å². The molecule has 2 rings (SSSR count). The van der Waals surface area contributed by atoms with Gasteiger partial charge in [0.15, 0.2) is 0 Å². The van der Waals surface area contributed by atoms with Crippen LogP contribution in [0.5, 0.6) is 0 Å². The number of thiophene rings is 1. The van der Waals surface area contributed by atoms with E-state index in [1.54, 1.807) is 0 Å². The van der Waals surface area contributed by atoms with E-state index in [2.05, 4.69) is 36.5 Å². The lowest BCUT2D eigenvalue weighted by Gasteiger charge is -2.04. The molecule has 1 heterocycles. The van der Waals surface area contributed by atoms with Gasteiger partial charge in [-0.05, 0) is 36.8 Å². The lowest BCUT2D eigenvalue weighted by molar-refractivity contribution is 0.741. The fourth-order valence-corrected chi connectivity index (χ4v) is 3.55. The third kappa shape index (κ3) is 5.57. The van der Waals surface area contributed by atoms with E-state index < -0.39 is 0 Å². The first-order valence-corrected chi connectivity index (χ1v) is 8.67. The van der Waals surface area contributed by atoms with Gasteiger partial charge in [0.05, 0.1) is 0 Å². The Morgan fingerprint density at radius 1 is 1.16 bits per heavy atom. The summed E-state index contributed by atoms with van der Waals surface area (Å²) >= 11 is 9.68. The molecule has 0 fully saturated rings. The monoisotopic (exact) mass is 311 g/mol. The summed E-state index contributed by atoms with van der Waals surface area (Å²) in [5, 5.41) is 4.29. The molecule has 0 atom stereocenters. The maximum Gasteiger partial charge on any atom is 0.0406 e. The molecule has 1 aromatic heterocycles. The minimum absolute atomic E-state index is 0.807. The number of nitrogens with one attached hydrogen (secondary N) is 1. The number of halogens is 1. The molecule has 19 heavy (non-hydrogen) atoms. The molecule has 0 aliphatic heterocycles. The van der Waals surface area contributed by atoms with Crippen LogP contribution in [0.4, 0.5) is 0 Å². The zero-order valence-electron chi connectivity index (χ0n) is 11.0. The highest BCUT2D eigenvalue weighted by atomic mass is 35.5. The Balaban J connectivity index is 1.56. The fourth-order valence-electron chi connectivity index (χ4n) is 1.71. The van der Waals surface area contributed by atoms with E-state index >= 15 is 0 Å². The van der Waals surface area contributed by atoms with Crippen molar-refractivity contribution < 1.29 is 0 Å². The molecule has 0 saturated carbocycles. The summed E-state index contributed by atoms with van der Waals surface area (Å²) in [4.78, 5) is 2.80. The fraction of sp³-hybridized carbons (Fsp3) is 0.333. The van der Waals surface area contributed by atoms with E-state index in [1.165, 1.54) is 15.3 Å². The van der Waals surface area contributed by atoms with Crippen LogP contribution in [0.25, 0.3) is 0 Å². The zero-order chi connectivity index (χ0) is 13.5. The number of benzene rings is 1. The molecule has 0 unspecified atom stereocenters. The van der Waals surface area contributed by atoms with E-state index in [1.807, 2.05) is 35.2 Å². The highest BCUT2D eigenvalue weighted by molar-refractivity contribution is 7.98. The topological polar surface area (TPSA) is 12.0 Å². The summed E-state index contributed by atoms with van der Waals surface area (Å²) in [7, 11) is 0. The second-order valence-corrected chi connectivity index (χ2v) is 7.28. The van der Waals surface area contributed by atoms with Crippen molar-refractivity contribution in [2.45, 2.75) is 19.2 Å². The average Bonchev–Trinajstić information content (AvgIpc) is 2.81. The Morgan fingerprint density at radius 3 is 2.63 bits per heavy atom. The second kappa shape index (κ2) is 7.95. The molecule has 0 bridgehead atoms. The maximum absolute atomic E-state index is 5.86. The van der Waals surface area contributed by atoms with Crippen LogP contribution < -0.4 is 5.32 Å². The van der Waals surface area contributed by atoms with Crippen LogP contribution in [-0.4, -0.2) is 12.3 Å². The first kappa shape index (κ1) is 14.9. The number of thioether (sulfide) groups is 1. The van der Waals surface area contributed by atoms with Gasteiger partial charge in [-0.15, -0.1) is 11.3 Å². The van der Waals surface area contributed by atoms with Crippen molar-refractivity contribution in [3.05, 3.63) is 56.7 Å². The van der Waals surface area contributed by atoms with E-state index in [0.717, 1.165) is 29.6 Å². The summed E-state index contributed by atoms with van der Waals surface area (Å²) in [6.07, 6.45) is 0. The molecule has 0 aliphatic carbocycles. The molecule has 1 nitrogen and oxygen atoms in total. The van der Waals surface area contributed by atoms with Gasteiger partial charge in [0.1, 0.15) is 0 Å². The molecule has 0 spiro atoms. The van der Waals surface area contributed by atoms with E-state index in [-0.39, 0.29) is 0 Å². The van der Waals surface area contributed by atoms with Crippen molar-refractivity contribution in [1.82, 2.24) is 5.32 Å². The number of rotatable bonds is 7. The smallest absolute Gasteiger partial charge is 0.0406 e. The normalized spacial score (nSPS) is 10.8. The van der Waals surface area contributed by atoms with Crippen molar-refractivity contribution >= 4 is 34.7 Å². The first-order chi connectivity index (χ1) is 9.24. The minimum atomic E-state index is 0.807. The SMILES string of the molecule is Cc1ccc(CNCCSCc2ccc(Cl)cc2)s1. The summed E-state index contributed by atoms with van der Waals surface area (Å²) in [5.74, 6) is 2.18. The predicted octanol–water partition coefficient (Wildman–Crippen LogP) is 4.73. The summed E-state index contributed by atoms with van der Waals surface area (Å²) in [6, 6.07) is 12.5. The molecule has 102 valence electrons. The predicted molar refractivity (Wildman–Crippen MR) is 88.4 cm³/mol. The molecular formula is C15H18ClNS2. The lowest BCUT2D eigenvalue weighted by atomic mass is 10.2. The molecule has 0 amide bonds. The molecule has 2 aromatic rings. The molecular weight excluding hydrogens is 294 g/mol. The third-order valence-corrected chi connectivity index (χ3v) is 4.98. The van der Waals surface area contributed by atoms with Gasteiger partial charge >= 0.3 is 0 Å². The van der Waals surface area contributed by atoms with Crippen LogP contribution >= 0.6 is 34.7 Å². The molecule has 1 N–H and O–H groups in total. The molecule has 1 aromatic carbocycles. The zero-order valence-corrected chi connectivity index (χ0v) is 13.4. The second-order valence-electron chi connectivity index (χ2n) is 4.37. The standard InChI is InChI=1S/C15H18ClNS2/c1-12-2-7-15(19-12)10-17-8-9-18-11-13-3-5-14(16)6-4-13/h2-7,17H,8-11H2,1H3. The van der Waals surface area contributed by atoms with E-state index in [9.17, 15) is 0 Å². The Bertz CT molecular complexity index is 493. The number of aryl methyl sites for hydroxylation is 1. The van der Waals surface area contributed by atoms with Crippen molar-refractivity contribution in [2.75, 3.05) is 12.3 Å². The van der Waals surface area contributed by atoms with Crippen molar-refractivity contribution in [3.63, 3.8) is 0 Å². The van der Waals surface area contributed by atoms with Gasteiger partial charge in [0.25, 0.3) is 0 Å². The van der Waals surface area contributed by atoms with Crippen LogP contribution in [-0.2, 0) is 12.3 Å². The largest absolute Gasteiger partial charge is 0.311 e. The van der Waals surface area contributed by atoms with Crippen LogP contribution in [0.3, 0.4) is 0 Å². The van der Waals surface area contributed by atoms with Gasteiger partial charge in [-0.1, -0.05) is 23.7 Å². The Morgan fingerprint density at radius 2 is 1.95 bits per heavy atom. The lowest BCUT2D eigenvalue weighted by Crippen LogP contribution is -2.15. The van der Waals surface area contributed by atoms with Gasteiger partial charge < -0.3 is 5.32 Å². The quantitative estimate of drug-likeness (QED) is 0.742. The summed E-state index contributed by atoms with van der Waals surface area (Å²) in [5.41, 5.74) is 1.34. The maximum atomic E-state index is 5.86. The highest BCUT2D eigenvalue weighted by Crippen LogP contribution is 2.16. The first-order valence-electron chi connectivity index (χ1n) is 6.32. The minimum Gasteiger partial charge on any atom is -0.311 e. The third-order valence-electron chi connectivity index (χ3n) is 2.70. The summed E-state index contributed by atoms with van der Waals surface area (Å²) in [6.45, 7) is 4.19. The number of hydrogen-bond acceptors (Lipinski definition) is 3. The number of hydrogen-bond donors (Lipinski definition) is 1. The van der Waals surface area contributed by atoms with E-state index in [4.69, 9.17) is 11.6 Å². The van der Waals surface area contributed by atoms with Crippen LogP contribution in [0.2, 0.25) is 5.02 Å². The molecule has 0 saturated heterocycles. The van der Waals surface area contributed by atoms with Gasteiger partial charge in [-0.3, -0.25) is 0 Å². The summed E-state index contributed by atoms with van der Waals surface area (Å²) < 4.78 is 0. The van der Waals surface area contributed by atoms with Gasteiger partial charge in [-0.2, -0.15) is 11.8 Å². The van der Waals surface area contributed by atoms with Crippen LogP contribution in [0, 0.1) is 6.92 Å². The van der Waals surface area contributed by atoms with Crippen LogP contribution in [0.1, 0.15) is 15.3 Å². The van der Waals surface area contributed by atoms with Crippen molar-refractivity contribution in [3.8, 4) is 0 Å². The Kier molecular flexibility index (Phi) is 6.24. The van der Waals surface area contributed by atoms with Crippen molar-refractivity contribution in [1.29, 1.82) is 0 Å². The molecule has 0 aliphatic rings. The van der Waals surface area contributed by atoms with Crippen molar-refractivity contribution in [2.24, 2.45) is 0 Å². The Hall–Kier alpha value is -0.480. The molecule has 0 radical (unpaired) electrons. The van der Waals surface area contributed by atoms with Gasteiger partial charge in [0, 0.05) is 39.4 Å². The van der Waals surface area contributed by atoms with E-state index in [0.29, 0.717) is 0 Å². The molecule has 4 heteroatoms. The average molecular weight is 312 g/mol. The highest BCUT2D eigenvalue weighted by Gasteiger charge is 1.97.